The van der Waals surface area contributed by atoms with Crippen molar-refractivity contribution in [1.29, 1.82) is 0 Å². The van der Waals surface area contributed by atoms with Crippen molar-refractivity contribution in [2.45, 2.75) is 13.0 Å². The number of halogens is 2. The van der Waals surface area contributed by atoms with E-state index in [0.717, 1.165) is 0 Å². The lowest BCUT2D eigenvalue weighted by Gasteiger charge is -2.14. The van der Waals surface area contributed by atoms with Crippen LogP contribution in [0.2, 0.25) is 10.0 Å². The Morgan fingerprint density at radius 3 is 2.64 bits per heavy atom. The molecule has 0 aliphatic rings. The minimum Gasteiger partial charge on any atom is -0.448 e. The molecule has 1 amide bonds. The van der Waals surface area contributed by atoms with Gasteiger partial charge in [-0.1, -0.05) is 35.3 Å². The second kappa shape index (κ2) is 7.24. The van der Waals surface area contributed by atoms with Crippen LogP contribution in [0.4, 0.5) is 5.69 Å². The Morgan fingerprint density at radius 2 is 1.95 bits per heavy atom. The summed E-state index contributed by atoms with van der Waals surface area (Å²) in [6, 6.07) is 9.67. The highest BCUT2D eigenvalue weighted by Crippen LogP contribution is 2.29. The summed E-state index contributed by atoms with van der Waals surface area (Å²) >= 11 is 11.8. The van der Waals surface area contributed by atoms with E-state index in [1.807, 2.05) is 0 Å². The molecular formula is C15H12Cl2N2O3. The van der Waals surface area contributed by atoms with Gasteiger partial charge in [0.05, 0.1) is 15.7 Å². The molecular weight excluding hydrogens is 327 g/mol. The van der Waals surface area contributed by atoms with E-state index in [1.54, 1.807) is 30.3 Å². The van der Waals surface area contributed by atoms with Crippen molar-refractivity contribution in [3.8, 4) is 0 Å². The van der Waals surface area contributed by atoms with Gasteiger partial charge in [-0.3, -0.25) is 4.79 Å². The van der Waals surface area contributed by atoms with Crippen LogP contribution in [0, 0.1) is 0 Å². The van der Waals surface area contributed by atoms with E-state index in [9.17, 15) is 9.59 Å². The van der Waals surface area contributed by atoms with Gasteiger partial charge in [-0.05, 0) is 31.2 Å². The fourth-order valence-corrected chi connectivity index (χ4v) is 1.94. The van der Waals surface area contributed by atoms with Gasteiger partial charge in [-0.25, -0.2) is 9.78 Å². The number of pyridine rings is 1. The molecule has 1 heterocycles. The number of benzene rings is 1. The van der Waals surface area contributed by atoms with Gasteiger partial charge in [0, 0.05) is 6.20 Å². The van der Waals surface area contributed by atoms with Gasteiger partial charge in [0.15, 0.2) is 6.10 Å². The monoisotopic (exact) mass is 338 g/mol. The molecule has 1 N–H and O–H groups in total. The molecule has 0 spiro atoms. The van der Waals surface area contributed by atoms with Crippen molar-refractivity contribution in [1.82, 2.24) is 4.98 Å². The third kappa shape index (κ3) is 3.96. The lowest BCUT2D eigenvalue weighted by atomic mass is 10.3. The van der Waals surface area contributed by atoms with Crippen LogP contribution < -0.4 is 5.32 Å². The summed E-state index contributed by atoms with van der Waals surface area (Å²) < 4.78 is 5.05. The van der Waals surface area contributed by atoms with E-state index in [4.69, 9.17) is 27.9 Å². The van der Waals surface area contributed by atoms with E-state index in [0.29, 0.717) is 10.7 Å². The summed E-state index contributed by atoms with van der Waals surface area (Å²) in [7, 11) is 0. The number of carbonyl (C=O) groups excluding carboxylic acids is 2. The van der Waals surface area contributed by atoms with Crippen LogP contribution in [0.15, 0.2) is 42.6 Å². The van der Waals surface area contributed by atoms with Crippen LogP contribution in [0.5, 0.6) is 0 Å². The number of rotatable bonds is 4. The number of aromatic nitrogens is 1. The van der Waals surface area contributed by atoms with Crippen molar-refractivity contribution in [2.75, 3.05) is 5.32 Å². The maximum absolute atomic E-state index is 12.0. The van der Waals surface area contributed by atoms with Crippen LogP contribution in [-0.4, -0.2) is 23.0 Å². The van der Waals surface area contributed by atoms with Crippen LogP contribution >= 0.6 is 23.2 Å². The molecule has 1 aromatic carbocycles. The third-order valence-electron chi connectivity index (χ3n) is 2.74. The van der Waals surface area contributed by atoms with Crippen LogP contribution in [0.25, 0.3) is 0 Å². The Bertz CT molecular complexity index is 692. The summed E-state index contributed by atoms with van der Waals surface area (Å²) in [5.74, 6) is -1.20. The number of hydrogen-bond donors (Lipinski definition) is 1. The molecule has 0 bridgehead atoms. The number of amides is 1. The molecule has 1 atom stereocenters. The molecule has 0 aliphatic carbocycles. The molecule has 0 radical (unpaired) electrons. The topological polar surface area (TPSA) is 68.3 Å². The van der Waals surface area contributed by atoms with Gasteiger partial charge in [0.2, 0.25) is 0 Å². The molecule has 0 aliphatic heterocycles. The summed E-state index contributed by atoms with van der Waals surface area (Å²) in [6.07, 6.45) is 0.456. The smallest absolute Gasteiger partial charge is 0.357 e. The number of nitrogens with one attached hydrogen (secondary N) is 1. The second-order valence-electron chi connectivity index (χ2n) is 4.35. The first kappa shape index (κ1) is 16.3. The molecule has 2 rings (SSSR count). The van der Waals surface area contributed by atoms with Crippen LogP contribution in [0.1, 0.15) is 17.4 Å². The lowest BCUT2D eigenvalue weighted by molar-refractivity contribution is -0.123. The number of carbonyl (C=O) groups is 2. The molecule has 22 heavy (non-hydrogen) atoms. The van der Waals surface area contributed by atoms with Crippen molar-refractivity contribution in [3.05, 3.63) is 58.3 Å². The summed E-state index contributed by atoms with van der Waals surface area (Å²) in [5.41, 5.74) is 0.475. The average Bonchev–Trinajstić information content (AvgIpc) is 2.52. The Morgan fingerprint density at radius 1 is 1.18 bits per heavy atom. The van der Waals surface area contributed by atoms with E-state index < -0.39 is 18.0 Å². The number of hydrogen-bond acceptors (Lipinski definition) is 4. The number of anilines is 1. The van der Waals surface area contributed by atoms with Gasteiger partial charge < -0.3 is 10.1 Å². The van der Waals surface area contributed by atoms with Crippen molar-refractivity contribution in [3.63, 3.8) is 0 Å². The number of ether oxygens (including phenoxy) is 1. The molecule has 7 heteroatoms. The second-order valence-corrected chi connectivity index (χ2v) is 5.14. The molecule has 0 fully saturated rings. The van der Waals surface area contributed by atoms with Crippen LogP contribution in [-0.2, 0) is 9.53 Å². The van der Waals surface area contributed by atoms with Gasteiger partial charge in [0.25, 0.3) is 5.91 Å². The highest BCUT2D eigenvalue weighted by molar-refractivity contribution is 6.44. The van der Waals surface area contributed by atoms with E-state index in [2.05, 4.69) is 10.3 Å². The fourth-order valence-electron chi connectivity index (χ4n) is 1.59. The predicted octanol–water partition coefficient (Wildman–Crippen LogP) is 3.57. The molecule has 0 saturated carbocycles. The molecule has 0 saturated heterocycles. The summed E-state index contributed by atoms with van der Waals surface area (Å²) in [6.45, 7) is 1.45. The minimum atomic E-state index is -1.01. The zero-order chi connectivity index (χ0) is 16.1. The SMILES string of the molecule is C[C@H](OC(=O)c1ccccn1)C(=O)Nc1cccc(Cl)c1Cl. The first-order valence-electron chi connectivity index (χ1n) is 6.36. The van der Waals surface area contributed by atoms with Crippen molar-refractivity contribution >= 4 is 40.8 Å². The largest absolute Gasteiger partial charge is 0.448 e. The highest BCUT2D eigenvalue weighted by Gasteiger charge is 2.20. The third-order valence-corrected chi connectivity index (χ3v) is 3.56. The Kier molecular flexibility index (Phi) is 5.35. The molecule has 114 valence electrons. The summed E-state index contributed by atoms with van der Waals surface area (Å²) in [5, 5.41) is 3.09. The van der Waals surface area contributed by atoms with Gasteiger partial charge in [-0.15, -0.1) is 0 Å². The van der Waals surface area contributed by atoms with Gasteiger partial charge in [0.1, 0.15) is 5.69 Å². The lowest BCUT2D eigenvalue weighted by Crippen LogP contribution is -2.30. The maximum Gasteiger partial charge on any atom is 0.357 e. The standard InChI is InChI=1S/C15H12Cl2N2O3/c1-9(22-15(21)12-6-2-3-8-18-12)14(20)19-11-7-4-5-10(16)13(11)17/h2-9H,1H3,(H,19,20)/t9-/m0/s1. The highest BCUT2D eigenvalue weighted by atomic mass is 35.5. The number of esters is 1. The normalized spacial score (nSPS) is 11.6. The molecule has 2 aromatic rings. The predicted molar refractivity (Wildman–Crippen MR) is 84.2 cm³/mol. The fraction of sp³-hybridized carbons (Fsp3) is 0.133. The summed E-state index contributed by atoms with van der Waals surface area (Å²) in [4.78, 5) is 27.7. The Hall–Kier alpha value is -2.11. The zero-order valence-electron chi connectivity index (χ0n) is 11.5. The molecule has 1 aromatic heterocycles. The minimum absolute atomic E-state index is 0.128. The van der Waals surface area contributed by atoms with E-state index >= 15 is 0 Å². The quantitative estimate of drug-likeness (QED) is 0.865. The van der Waals surface area contributed by atoms with Crippen LogP contribution in [0.3, 0.4) is 0 Å². The molecule has 0 unspecified atom stereocenters. The van der Waals surface area contributed by atoms with E-state index in [1.165, 1.54) is 19.2 Å². The van der Waals surface area contributed by atoms with Crippen molar-refractivity contribution in [2.24, 2.45) is 0 Å². The Balaban J connectivity index is 2.01. The van der Waals surface area contributed by atoms with Gasteiger partial charge >= 0.3 is 5.97 Å². The number of nitrogens with zero attached hydrogens (tertiary/aromatic N) is 1. The average molecular weight is 339 g/mol. The molecule has 5 nitrogen and oxygen atoms in total. The first-order chi connectivity index (χ1) is 10.5. The first-order valence-corrected chi connectivity index (χ1v) is 7.11. The van der Waals surface area contributed by atoms with Crippen molar-refractivity contribution < 1.29 is 14.3 Å². The van der Waals surface area contributed by atoms with Gasteiger partial charge in [-0.2, -0.15) is 0 Å². The Labute approximate surface area is 137 Å². The zero-order valence-corrected chi connectivity index (χ0v) is 13.1. The maximum atomic E-state index is 12.0. The van der Waals surface area contributed by atoms with E-state index in [-0.39, 0.29) is 10.7 Å².